The number of carbonyl (C=O) groups excluding carboxylic acids is 1. The van der Waals surface area contributed by atoms with Crippen LogP contribution in [-0.2, 0) is 24.1 Å². The second kappa shape index (κ2) is 10.9. The van der Waals surface area contributed by atoms with E-state index in [9.17, 15) is 9.90 Å². The summed E-state index contributed by atoms with van der Waals surface area (Å²) in [5.41, 5.74) is 4.55. The van der Waals surface area contributed by atoms with Crippen molar-refractivity contribution in [3.05, 3.63) is 64.7 Å². The Labute approximate surface area is 190 Å². The summed E-state index contributed by atoms with van der Waals surface area (Å²) in [5, 5.41) is 15.8. The van der Waals surface area contributed by atoms with Crippen molar-refractivity contribution in [2.75, 3.05) is 19.8 Å². The molecule has 172 valence electrons. The summed E-state index contributed by atoms with van der Waals surface area (Å²) in [4.78, 5) is 12.7. The van der Waals surface area contributed by atoms with Crippen molar-refractivity contribution in [3.8, 4) is 5.75 Å². The van der Waals surface area contributed by atoms with E-state index in [1.807, 2.05) is 24.3 Å². The molecule has 0 aromatic heterocycles. The zero-order valence-corrected chi connectivity index (χ0v) is 18.8. The molecule has 2 aromatic carbocycles. The molecule has 2 aromatic rings. The number of carbonyl (C=O) groups is 1. The van der Waals surface area contributed by atoms with Crippen molar-refractivity contribution in [3.63, 3.8) is 0 Å². The quantitative estimate of drug-likeness (QED) is 0.561. The zero-order chi connectivity index (χ0) is 22.3. The Morgan fingerprint density at radius 1 is 1.19 bits per heavy atom. The molecule has 3 atom stereocenters. The number of aryl methyl sites for hydroxylation is 1. The van der Waals surface area contributed by atoms with E-state index in [1.165, 1.54) is 16.7 Å². The molecule has 1 unspecified atom stereocenters. The maximum Gasteiger partial charge on any atom is 0.251 e. The SMILES string of the molecule is CC(O)CNCc1ccc2c(c1)CC[C@H](NC(=O)c1ccc(OC[C@@H]3CCCO3)cc1)C2. The maximum absolute atomic E-state index is 12.7. The molecule has 1 amide bonds. The second-order valence-electron chi connectivity index (χ2n) is 8.97. The van der Waals surface area contributed by atoms with Crippen molar-refractivity contribution in [1.82, 2.24) is 10.6 Å². The van der Waals surface area contributed by atoms with Gasteiger partial charge in [-0.1, -0.05) is 18.2 Å². The Kier molecular flexibility index (Phi) is 7.79. The molecule has 6 nitrogen and oxygen atoms in total. The van der Waals surface area contributed by atoms with Gasteiger partial charge in [0, 0.05) is 31.3 Å². The molecule has 1 saturated heterocycles. The van der Waals surface area contributed by atoms with Crippen molar-refractivity contribution < 1.29 is 19.4 Å². The molecule has 32 heavy (non-hydrogen) atoms. The fraction of sp³-hybridized carbons (Fsp3) is 0.500. The van der Waals surface area contributed by atoms with E-state index < -0.39 is 0 Å². The molecule has 1 heterocycles. The number of hydrogen-bond acceptors (Lipinski definition) is 5. The summed E-state index contributed by atoms with van der Waals surface area (Å²) in [6.45, 7) is 4.51. The Bertz CT molecular complexity index is 891. The van der Waals surface area contributed by atoms with E-state index in [-0.39, 0.29) is 24.2 Å². The van der Waals surface area contributed by atoms with Crippen molar-refractivity contribution in [2.24, 2.45) is 0 Å². The third-order valence-corrected chi connectivity index (χ3v) is 6.18. The molecule has 4 rings (SSSR count). The van der Waals surface area contributed by atoms with Gasteiger partial charge in [0.05, 0.1) is 12.2 Å². The molecule has 0 spiro atoms. The number of aliphatic hydroxyl groups excluding tert-OH is 1. The van der Waals surface area contributed by atoms with Gasteiger partial charge in [-0.15, -0.1) is 0 Å². The minimum absolute atomic E-state index is 0.0388. The molecule has 1 aliphatic carbocycles. The number of nitrogens with one attached hydrogen (secondary N) is 2. The van der Waals surface area contributed by atoms with Crippen molar-refractivity contribution in [2.45, 2.75) is 63.8 Å². The molecule has 0 saturated carbocycles. The van der Waals surface area contributed by atoms with Gasteiger partial charge in [0.25, 0.3) is 5.91 Å². The lowest BCUT2D eigenvalue weighted by atomic mass is 9.87. The van der Waals surface area contributed by atoms with Crippen LogP contribution in [0.2, 0.25) is 0 Å². The molecular formula is C26H34N2O4. The first-order valence-electron chi connectivity index (χ1n) is 11.7. The number of amides is 1. The van der Waals surface area contributed by atoms with Crippen LogP contribution in [0.4, 0.5) is 0 Å². The normalized spacial score (nSPS) is 21.1. The number of aliphatic hydroxyl groups is 1. The lowest BCUT2D eigenvalue weighted by molar-refractivity contribution is 0.0679. The molecule has 1 aliphatic heterocycles. The van der Waals surface area contributed by atoms with E-state index in [4.69, 9.17) is 9.47 Å². The highest BCUT2D eigenvalue weighted by Crippen LogP contribution is 2.23. The predicted octanol–water partition coefficient (Wildman–Crippen LogP) is 3.00. The summed E-state index contributed by atoms with van der Waals surface area (Å²) in [7, 11) is 0. The third-order valence-electron chi connectivity index (χ3n) is 6.18. The molecular weight excluding hydrogens is 404 g/mol. The van der Waals surface area contributed by atoms with E-state index >= 15 is 0 Å². The highest BCUT2D eigenvalue weighted by molar-refractivity contribution is 5.94. The van der Waals surface area contributed by atoms with E-state index in [1.54, 1.807) is 6.92 Å². The topological polar surface area (TPSA) is 79.8 Å². The zero-order valence-electron chi connectivity index (χ0n) is 18.8. The number of rotatable bonds is 9. The van der Waals surface area contributed by atoms with E-state index in [2.05, 4.69) is 28.8 Å². The smallest absolute Gasteiger partial charge is 0.251 e. The van der Waals surface area contributed by atoms with Crippen molar-refractivity contribution in [1.29, 1.82) is 0 Å². The van der Waals surface area contributed by atoms with Crippen LogP contribution < -0.4 is 15.4 Å². The van der Waals surface area contributed by atoms with Crippen molar-refractivity contribution >= 4 is 5.91 Å². The van der Waals surface area contributed by atoms with Crippen LogP contribution in [0.5, 0.6) is 5.75 Å². The van der Waals surface area contributed by atoms with Crippen LogP contribution in [0.25, 0.3) is 0 Å². The van der Waals surface area contributed by atoms with Crippen LogP contribution in [0.15, 0.2) is 42.5 Å². The fourth-order valence-electron chi connectivity index (χ4n) is 4.40. The van der Waals surface area contributed by atoms with Crippen LogP contribution in [-0.4, -0.2) is 49.0 Å². The molecule has 0 bridgehead atoms. The first kappa shape index (κ1) is 22.8. The van der Waals surface area contributed by atoms with Gasteiger partial charge < -0.3 is 25.2 Å². The van der Waals surface area contributed by atoms with Crippen LogP contribution >= 0.6 is 0 Å². The standard InChI is InChI=1S/C26H34N2O4/c1-18(29)15-27-16-19-4-5-22-14-23(9-6-21(22)13-19)28-26(30)20-7-10-24(11-8-20)32-17-25-3-2-12-31-25/h4-5,7-8,10-11,13,18,23,25,27,29H,2-3,6,9,12,14-17H2,1H3,(H,28,30)/t18?,23-,25-/m0/s1. The number of ether oxygens (including phenoxy) is 2. The average Bonchev–Trinajstić information content (AvgIpc) is 3.31. The lowest BCUT2D eigenvalue weighted by Gasteiger charge is -2.26. The van der Waals surface area contributed by atoms with Crippen LogP contribution in [0.1, 0.15) is 53.2 Å². The average molecular weight is 439 g/mol. The van der Waals surface area contributed by atoms with Crippen LogP contribution in [0, 0.1) is 0 Å². The Morgan fingerprint density at radius 3 is 2.78 bits per heavy atom. The summed E-state index contributed by atoms with van der Waals surface area (Å²) >= 11 is 0. The Hall–Kier alpha value is -2.41. The van der Waals surface area contributed by atoms with Gasteiger partial charge >= 0.3 is 0 Å². The largest absolute Gasteiger partial charge is 0.491 e. The molecule has 3 N–H and O–H groups in total. The number of fused-ring (bicyclic) bond motifs is 1. The monoisotopic (exact) mass is 438 g/mol. The molecule has 1 fully saturated rings. The third kappa shape index (κ3) is 6.31. The fourth-order valence-corrected chi connectivity index (χ4v) is 4.40. The second-order valence-corrected chi connectivity index (χ2v) is 8.97. The molecule has 0 radical (unpaired) electrons. The Morgan fingerprint density at radius 2 is 2.03 bits per heavy atom. The van der Waals surface area contributed by atoms with Gasteiger partial charge in [0.2, 0.25) is 0 Å². The van der Waals surface area contributed by atoms with Gasteiger partial charge in [0.1, 0.15) is 12.4 Å². The number of hydrogen-bond donors (Lipinski definition) is 3. The highest BCUT2D eigenvalue weighted by Gasteiger charge is 2.21. The summed E-state index contributed by atoms with van der Waals surface area (Å²) in [6, 6.07) is 14.1. The first-order valence-corrected chi connectivity index (χ1v) is 11.7. The van der Waals surface area contributed by atoms with E-state index in [0.717, 1.165) is 51.0 Å². The summed E-state index contributed by atoms with van der Waals surface area (Å²) in [6.07, 6.45) is 4.74. The predicted molar refractivity (Wildman–Crippen MR) is 124 cm³/mol. The minimum Gasteiger partial charge on any atom is -0.491 e. The molecule has 6 heteroatoms. The van der Waals surface area contributed by atoms with Gasteiger partial charge in [-0.25, -0.2) is 0 Å². The summed E-state index contributed by atoms with van der Waals surface area (Å²) < 4.78 is 11.4. The van der Waals surface area contributed by atoms with Gasteiger partial charge in [-0.05, 0) is 80.0 Å². The van der Waals surface area contributed by atoms with Gasteiger partial charge in [-0.3, -0.25) is 4.79 Å². The maximum atomic E-state index is 12.7. The number of benzene rings is 2. The van der Waals surface area contributed by atoms with Gasteiger partial charge in [0.15, 0.2) is 0 Å². The van der Waals surface area contributed by atoms with E-state index in [0.29, 0.717) is 18.7 Å². The lowest BCUT2D eigenvalue weighted by Crippen LogP contribution is -2.38. The van der Waals surface area contributed by atoms with Gasteiger partial charge in [-0.2, -0.15) is 0 Å². The highest BCUT2D eigenvalue weighted by atomic mass is 16.5. The first-order chi connectivity index (χ1) is 15.6. The van der Waals surface area contributed by atoms with Crippen LogP contribution in [0.3, 0.4) is 0 Å². The minimum atomic E-state index is -0.341. The molecule has 2 aliphatic rings. The summed E-state index contributed by atoms with van der Waals surface area (Å²) in [5.74, 6) is 0.727. The Balaban J connectivity index is 1.26.